The lowest BCUT2D eigenvalue weighted by molar-refractivity contribution is 0.0914. The maximum absolute atomic E-state index is 12.0. The number of likely N-dealkylation sites (N-methyl/N-ethyl adjacent to an activating group) is 1. The van der Waals surface area contributed by atoms with Crippen LogP contribution >= 0.6 is 0 Å². The Morgan fingerprint density at radius 1 is 1.58 bits per heavy atom. The fourth-order valence-electron chi connectivity index (χ4n) is 1.56. The molecule has 1 aromatic heterocycles. The molecule has 7 heteroatoms. The van der Waals surface area contributed by atoms with Gasteiger partial charge in [-0.1, -0.05) is 5.21 Å². The minimum atomic E-state index is -0.173. The summed E-state index contributed by atoms with van der Waals surface area (Å²) in [5, 5.41) is 14.0. The number of aromatic nitrogens is 3. The summed E-state index contributed by atoms with van der Waals surface area (Å²) in [5.41, 5.74) is 0.283. The van der Waals surface area contributed by atoms with Crippen LogP contribution in [0.3, 0.4) is 0 Å². The third kappa shape index (κ3) is 3.10. The van der Waals surface area contributed by atoms with Crippen LogP contribution in [0.15, 0.2) is 6.20 Å². The molecule has 0 saturated carbocycles. The van der Waals surface area contributed by atoms with Gasteiger partial charge in [0, 0.05) is 25.2 Å². The maximum Gasteiger partial charge on any atom is 0.273 e. The molecule has 1 aliphatic heterocycles. The molecule has 1 amide bonds. The van der Waals surface area contributed by atoms with Crippen molar-refractivity contribution in [3.8, 4) is 0 Å². The van der Waals surface area contributed by atoms with Crippen molar-refractivity contribution in [3.63, 3.8) is 0 Å². The second kappa shape index (κ2) is 5.26. The van der Waals surface area contributed by atoms with E-state index < -0.39 is 0 Å². The van der Waals surface area contributed by atoms with E-state index in [4.69, 9.17) is 0 Å². The van der Waals surface area contributed by atoms with Gasteiger partial charge in [0.1, 0.15) is 0 Å². The normalized spacial score (nSPS) is 16.5. The first-order valence-electron chi connectivity index (χ1n) is 6.48. The van der Waals surface area contributed by atoms with Crippen molar-refractivity contribution in [1.29, 1.82) is 0 Å². The van der Waals surface area contributed by atoms with Gasteiger partial charge in [-0.3, -0.25) is 4.79 Å². The van der Waals surface area contributed by atoms with Crippen molar-refractivity contribution in [2.45, 2.75) is 25.4 Å². The van der Waals surface area contributed by atoms with E-state index in [1.165, 1.54) is 0 Å². The smallest absolute Gasteiger partial charge is 0.273 e. The Balaban J connectivity index is 1.91. The molecule has 7 nitrogen and oxygen atoms in total. The molecule has 0 unspecified atom stereocenters. The van der Waals surface area contributed by atoms with Gasteiger partial charge in [-0.05, 0) is 27.9 Å². The predicted molar refractivity (Wildman–Crippen MR) is 72.0 cm³/mol. The van der Waals surface area contributed by atoms with E-state index >= 15 is 0 Å². The summed E-state index contributed by atoms with van der Waals surface area (Å²) < 4.78 is 1.75. The largest absolute Gasteiger partial charge is 0.349 e. The molecule has 0 aromatic carbocycles. The first-order valence-corrected chi connectivity index (χ1v) is 6.48. The molecule has 1 aromatic rings. The number of nitrogens with zero attached hydrogens (tertiary/aromatic N) is 4. The van der Waals surface area contributed by atoms with Crippen LogP contribution in [0.4, 0.5) is 0 Å². The Bertz CT molecular complexity index is 449. The lowest BCUT2D eigenvalue weighted by Gasteiger charge is -2.32. The molecule has 106 valence electrons. The van der Waals surface area contributed by atoms with Crippen LogP contribution in [-0.2, 0) is 0 Å². The molecule has 0 aliphatic carbocycles. The third-order valence-electron chi connectivity index (χ3n) is 3.77. The minimum absolute atomic E-state index is 0.0937. The van der Waals surface area contributed by atoms with E-state index in [2.05, 4.69) is 39.7 Å². The molecule has 2 rings (SSSR count). The SMILES string of the molecule is CN(C)C(C)(C)CNC(=O)c1cn(C2CNC2)nn1. The van der Waals surface area contributed by atoms with E-state index in [0.29, 0.717) is 18.3 Å². The van der Waals surface area contributed by atoms with Crippen molar-refractivity contribution < 1.29 is 4.79 Å². The lowest BCUT2D eigenvalue weighted by Crippen LogP contribution is -2.48. The van der Waals surface area contributed by atoms with Gasteiger partial charge in [0.05, 0.1) is 12.2 Å². The molecule has 2 heterocycles. The number of nitrogens with one attached hydrogen (secondary N) is 2. The summed E-state index contributed by atoms with van der Waals surface area (Å²) in [6.07, 6.45) is 1.71. The van der Waals surface area contributed by atoms with Gasteiger partial charge in [-0.25, -0.2) is 4.68 Å². The van der Waals surface area contributed by atoms with Crippen molar-refractivity contribution >= 4 is 5.91 Å². The summed E-state index contributed by atoms with van der Waals surface area (Å²) in [6, 6.07) is 0.326. The predicted octanol–water partition coefficient (Wildman–Crippen LogP) is -0.508. The highest BCUT2D eigenvalue weighted by atomic mass is 16.2. The highest BCUT2D eigenvalue weighted by molar-refractivity contribution is 5.91. The van der Waals surface area contributed by atoms with Crippen molar-refractivity contribution in [1.82, 2.24) is 30.5 Å². The molecular formula is C12H22N6O. The topological polar surface area (TPSA) is 75.1 Å². The minimum Gasteiger partial charge on any atom is -0.349 e. The number of carbonyl (C=O) groups is 1. The number of carbonyl (C=O) groups excluding carboxylic acids is 1. The Kier molecular flexibility index (Phi) is 3.86. The Labute approximate surface area is 113 Å². The molecule has 19 heavy (non-hydrogen) atoms. The van der Waals surface area contributed by atoms with Crippen molar-refractivity contribution in [2.24, 2.45) is 0 Å². The van der Waals surface area contributed by atoms with E-state index in [-0.39, 0.29) is 11.4 Å². The van der Waals surface area contributed by atoms with Crippen molar-refractivity contribution in [2.75, 3.05) is 33.7 Å². The molecular weight excluding hydrogens is 244 g/mol. The molecule has 1 aliphatic rings. The Morgan fingerprint density at radius 2 is 2.26 bits per heavy atom. The molecule has 0 bridgehead atoms. The maximum atomic E-state index is 12.0. The van der Waals surface area contributed by atoms with E-state index in [9.17, 15) is 4.79 Å². The van der Waals surface area contributed by atoms with Crippen LogP contribution < -0.4 is 10.6 Å². The van der Waals surface area contributed by atoms with Crippen LogP contribution in [0.2, 0.25) is 0 Å². The third-order valence-corrected chi connectivity index (χ3v) is 3.77. The quantitative estimate of drug-likeness (QED) is 0.751. The van der Waals surface area contributed by atoms with Crippen LogP contribution in [-0.4, -0.2) is 65.1 Å². The molecule has 0 atom stereocenters. The monoisotopic (exact) mass is 266 g/mol. The lowest BCUT2D eigenvalue weighted by atomic mass is 10.0. The average molecular weight is 266 g/mol. The van der Waals surface area contributed by atoms with Crippen LogP contribution in [0.25, 0.3) is 0 Å². The zero-order valence-electron chi connectivity index (χ0n) is 12.0. The zero-order valence-corrected chi connectivity index (χ0v) is 12.0. The molecule has 1 saturated heterocycles. The standard InChI is InChI=1S/C12H22N6O/c1-12(2,17(3)4)8-14-11(19)10-7-18(16-15-10)9-5-13-6-9/h7,9,13H,5-6,8H2,1-4H3,(H,14,19). The Hall–Kier alpha value is -1.47. The number of amides is 1. The van der Waals surface area contributed by atoms with Crippen LogP contribution in [0.5, 0.6) is 0 Å². The number of hydrogen-bond acceptors (Lipinski definition) is 5. The summed E-state index contributed by atoms with van der Waals surface area (Å²) in [4.78, 5) is 14.1. The first-order chi connectivity index (χ1) is 8.90. The van der Waals surface area contributed by atoms with Gasteiger partial charge >= 0.3 is 0 Å². The van der Waals surface area contributed by atoms with Crippen LogP contribution in [0, 0.1) is 0 Å². The average Bonchev–Trinajstić information content (AvgIpc) is 2.72. The number of rotatable bonds is 5. The van der Waals surface area contributed by atoms with Gasteiger partial charge in [-0.15, -0.1) is 5.10 Å². The second-order valence-corrected chi connectivity index (χ2v) is 5.79. The van der Waals surface area contributed by atoms with E-state index in [0.717, 1.165) is 13.1 Å². The summed E-state index contributed by atoms with van der Waals surface area (Å²) in [6.45, 7) is 6.49. The zero-order chi connectivity index (χ0) is 14.0. The van der Waals surface area contributed by atoms with Crippen molar-refractivity contribution in [3.05, 3.63) is 11.9 Å². The summed E-state index contributed by atoms with van der Waals surface area (Å²) in [5.74, 6) is -0.173. The summed E-state index contributed by atoms with van der Waals surface area (Å²) in [7, 11) is 3.98. The molecule has 2 N–H and O–H groups in total. The first kappa shape index (κ1) is 14.0. The van der Waals surface area contributed by atoms with Gasteiger partial charge < -0.3 is 15.5 Å². The fraction of sp³-hybridized carbons (Fsp3) is 0.750. The van der Waals surface area contributed by atoms with Crippen LogP contribution in [0.1, 0.15) is 30.4 Å². The fourth-order valence-corrected chi connectivity index (χ4v) is 1.56. The van der Waals surface area contributed by atoms with Gasteiger partial charge in [0.25, 0.3) is 5.91 Å². The van der Waals surface area contributed by atoms with Gasteiger partial charge in [0.15, 0.2) is 5.69 Å². The van der Waals surface area contributed by atoms with Gasteiger partial charge in [-0.2, -0.15) is 0 Å². The van der Waals surface area contributed by atoms with Gasteiger partial charge in [0.2, 0.25) is 0 Å². The number of hydrogen-bond donors (Lipinski definition) is 2. The molecule has 0 radical (unpaired) electrons. The highest BCUT2D eigenvalue weighted by Crippen LogP contribution is 2.11. The molecule has 1 fully saturated rings. The van der Waals surface area contributed by atoms with E-state index in [1.807, 2.05) is 14.1 Å². The van der Waals surface area contributed by atoms with E-state index in [1.54, 1.807) is 10.9 Å². The Morgan fingerprint density at radius 3 is 2.79 bits per heavy atom. The second-order valence-electron chi connectivity index (χ2n) is 5.79. The summed E-state index contributed by atoms with van der Waals surface area (Å²) >= 11 is 0. The molecule has 0 spiro atoms. The highest BCUT2D eigenvalue weighted by Gasteiger charge is 2.24.